The van der Waals surface area contributed by atoms with Crippen molar-refractivity contribution >= 4 is 12.0 Å². The molecule has 4 fully saturated rings. The maximum Gasteiger partial charge on any atom is 0.416 e. The summed E-state index contributed by atoms with van der Waals surface area (Å²) in [6, 6.07) is 5.63. The molecule has 2 spiro atoms. The maximum atomic E-state index is 13.0. The van der Waals surface area contributed by atoms with E-state index in [1.807, 2.05) is 11.8 Å². The molecule has 8 heteroatoms. The number of cyclic esters (lactones) is 1. The van der Waals surface area contributed by atoms with E-state index in [0.29, 0.717) is 18.8 Å². The number of rotatable bonds is 2. The highest BCUT2D eigenvalue weighted by Crippen LogP contribution is 2.53. The van der Waals surface area contributed by atoms with Crippen LogP contribution in [0.4, 0.5) is 18.0 Å². The number of amides is 2. The SMILES string of the molecule is CC1OC(=O)N[C@]12C[C@@H](C(=O)N1CCC3(CCC(c4ccc(C(F)(F)F)cc4)C3)CC1)C2. The van der Waals surface area contributed by atoms with Gasteiger partial charge >= 0.3 is 12.3 Å². The monoisotopic (exact) mass is 450 g/mol. The van der Waals surface area contributed by atoms with Gasteiger partial charge in [-0.2, -0.15) is 13.2 Å². The van der Waals surface area contributed by atoms with Crippen LogP contribution in [0.2, 0.25) is 0 Å². The molecule has 2 aliphatic heterocycles. The summed E-state index contributed by atoms with van der Waals surface area (Å²) in [7, 11) is 0. The number of hydrogen-bond donors (Lipinski definition) is 1. The average molecular weight is 451 g/mol. The van der Waals surface area contributed by atoms with E-state index in [4.69, 9.17) is 4.74 Å². The summed E-state index contributed by atoms with van der Waals surface area (Å²) in [6.07, 6.45) is 1.30. The Morgan fingerprint density at radius 1 is 1.09 bits per heavy atom. The Morgan fingerprint density at radius 3 is 2.31 bits per heavy atom. The van der Waals surface area contributed by atoms with Gasteiger partial charge in [-0.3, -0.25) is 4.79 Å². The van der Waals surface area contributed by atoms with Crippen LogP contribution < -0.4 is 5.32 Å². The molecule has 0 radical (unpaired) electrons. The third-order valence-electron chi connectivity index (χ3n) is 8.53. The normalized spacial score (nSPS) is 33.8. The van der Waals surface area contributed by atoms with Gasteiger partial charge < -0.3 is 15.0 Å². The number of nitrogens with zero attached hydrogens (tertiary/aromatic N) is 1. The minimum absolute atomic E-state index is 0.0584. The maximum absolute atomic E-state index is 13.0. The highest BCUT2D eigenvalue weighted by molar-refractivity contribution is 5.82. The van der Waals surface area contributed by atoms with E-state index in [0.717, 1.165) is 50.8 Å². The zero-order chi connectivity index (χ0) is 22.7. The van der Waals surface area contributed by atoms with Crippen molar-refractivity contribution in [3.63, 3.8) is 0 Å². The van der Waals surface area contributed by atoms with Crippen LogP contribution in [-0.2, 0) is 15.7 Å². The lowest BCUT2D eigenvalue weighted by Gasteiger charge is -2.48. The molecule has 1 N–H and O–H groups in total. The predicted molar refractivity (Wildman–Crippen MR) is 111 cm³/mol. The molecule has 32 heavy (non-hydrogen) atoms. The number of alkyl halides is 3. The second kappa shape index (κ2) is 7.39. The molecule has 4 aliphatic rings. The van der Waals surface area contributed by atoms with E-state index >= 15 is 0 Å². The standard InChI is InChI=1S/C24H29F3N2O3/c1-15-23(28-21(31)32-15)13-18(14-23)20(30)29-10-8-22(9-11-29)7-6-17(12-22)16-2-4-19(5-3-16)24(25,26)27/h2-5,15,17-18H,6-14H2,1H3,(H,28,31)/t15?,17?,18-,23+. The quantitative estimate of drug-likeness (QED) is 0.700. The van der Waals surface area contributed by atoms with Crippen molar-refractivity contribution in [3.8, 4) is 0 Å². The summed E-state index contributed by atoms with van der Waals surface area (Å²) in [5.74, 6) is 0.409. The van der Waals surface area contributed by atoms with Gasteiger partial charge in [0.25, 0.3) is 0 Å². The predicted octanol–water partition coefficient (Wildman–Crippen LogP) is 4.86. The first-order valence-corrected chi connectivity index (χ1v) is 11.5. The third kappa shape index (κ3) is 3.65. The molecule has 0 bridgehead atoms. The number of benzene rings is 1. The number of nitrogens with one attached hydrogen (secondary N) is 1. The number of hydrogen-bond acceptors (Lipinski definition) is 3. The second-order valence-corrected chi connectivity index (χ2v) is 10.3. The Labute approximate surface area is 185 Å². The number of halogens is 3. The molecule has 2 heterocycles. The van der Waals surface area contributed by atoms with Gasteiger partial charge in [0.2, 0.25) is 5.91 Å². The lowest BCUT2D eigenvalue weighted by molar-refractivity contribution is -0.144. The highest BCUT2D eigenvalue weighted by Gasteiger charge is 2.57. The fraction of sp³-hybridized carbons (Fsp3) is 0.667. The van der Waals surface area contributed by atoms with Crippen LogP contribution in [0.15, 0.2) is 24.3 Å². The van der Waals surface area contributed by atoms with E-state index in [1.165, 1.54) is 12.1 Å². The van der Waals surface area contributed by atoms with Gasteiger partial charge in [0.1, 0.15) is 6.10 Å². The zero-order valence-corrected chi connectivity index (χ0v) is 18.2. The largest absolute Gasteiger partial charge is 0.444 e. The van der Waals surface area contributed by atoms with Gasteiger partial charge in [0, 0.05) is 19.0 Å². The van der Waals surface area contributed by atoms with Crippen LogP contribution in [0.5, 0.6) is 0 Å². The van der Waals surface area contributed by atoms with Crippen molar-refractivity contribution in [2.24, 2.45) is 11.3 Å². The van der Waals surface area contributed by atoms with Crippen LogP contribution in [0, 0.1) is 11.3 Å². The van der Waals surface area contributed by atoms with Crippen LogP contribution in [-0.4, -0.2) is 41.6 Å². The lowest BCUT2D eigenvalue weighted by Crippen LogP contribution is -2.61. The van der Waals surface area contributed by atoms with Crippen molar-refractivity contribution < 1.29 is 27.5 Å². The summed E-state index contributed by atoms with van der Waals surface area (Å²) in [5.41, 5.74) is 0.196. The molecule has 5 nitrogen and oxygen atoms in total. The molecule has 2 aliphatic carbocycles. The number of ether oxygens (including phenoxy) is 1. The van der Waals surface area contributed by atoms with Crippen LogP contribution in [0.1, 0.15) is 68.9 Å². The fourth-order valence-electron chi connectivity index (χ4n) is 6.39. The molecule has 0 aromatic heterocycles. The van der Waals surface area contributed by atoms with Crippen LogP contribution in [0.3, 0.4) is 0 Å². The topological polar surface area (TPSA) is 58.6 Å². The van der Waals surface area contributed by atoms with Crippen LogP contribution >= 0.6 is 0 Å². The van der Waals surface area contributed by atoms with Crippen molar-refractivity contribution in [2.75, 3.05) is 13.1 Å². The van der Waals surface area contributed by atoms with E-state index in [-0.39, 0.29) is 28.9 Å². The first-order valence-electron chi connectivity index (χ1n) is 11.5. The van der Waals surface area contributed by atoms with Crippen LogP contribution in [0.25, 0.3) is 0 Å². The number of carbonyl (C=O) groups excluding carboxylic acids is 2. The van der Waals surface area contributed by atoms with E-state index in [1.54, 1.807) is 12.1 Å². The Morgan fingerprint density at radius 2 is 1.75 bits per heavy atom. The molecule has 2 unspecified atom stereocenters. The van der Waals surface area contributed by atoms with Crippen molar-refractivity contribution in [2.45, 2.75) is 75.6 Å². The van der Waals surface area contributed by atoms with E-state index < -0.39 is 17.8 Å². The van der Waals surface area contributed by atoms with Crippen molar-refractivity contribution in [1.82, 2.24) is 10.2 Å². The average Bonchev–Trinajstić information content (AvgIpc) is 3.27. The number of likely N-dealkylation sites (tertiary alicyclic amines) is 1. The second-order valence-electron chi connectivity index (χ2n) is 10.3. The van der Waals surface area contributed by atoms with E-state index in [9.17, 15) is 22.8 Å². The first-order chi connectivity index (χ1) is 15.1. The summed E-state index contributed by atoms with van der Waals surface area (Å²) in [4.78, 5) is 26.5. The van der Waals surface area contributed by atoms with Gasteiger partial charge in [-0.05, 0) is 80.9 Å². The Bertz CT molecular complexity index is 900. The van der Waals surface area contributed by atoms with E-state index in [2.05, 4.69) is 5.32 Å². The minimum Gasteiger partial charge on any atom is -0.444 e. The molecule has 5 rings (SSSR count). The molecular formula is C24H29F3N2O3. The van der Waals surface area contributed by atoms with Gasteiger partial charge in [-0.1, -0.05) is 12.1 Å². The number of alkyl carbamates (subject to hydrolysis) is 1. The number of carbonyl (C=O) groups is 2. The summed E-state index contributed by atoms with van der Waals surface area (Å²) < 4.78 is 43.7. The number of piperidine rings is 1. The van der Waals surface area contributed by atoms with Gasteiger partial charge in [0.15, 0.2) is 0 Å². The summed E-state index contributed by atoms with van der Waals surface area (Å²) in [5, 5.41) is 2.88. The third-order valence-corrected chi connectivity index (χ3v) is 8.53. The fourth-order valence-corrected chi connectivity index (χ4v) is 6.39. The molecule has 2 atom stereocenters. The zero-order valence-electron chi connectivity index (χ0n) is 18.2. The Hall–Kier alpha value is -2.25. The van der Waals surface area contributed by atoms with Gasteiger partial charge in [0.05, 0.1) is 11.1 Å². The van der Waals surface area contributed by atoms with Crippen molar-refractivity contribution in [3.05, 3.63) is 35.4 Å². The Balaban J connectivity index is 1.14. The smallest absolute Gasteiger partial charge is 0.416 e. The first kappa shape index (κ1) is 21.6. The summed E-state index contributed by atoms with van der Waals surface area (Å²) in [6.45, 7) is 3.34. The molecule has 2 amide bonds. The minimum atomic E-state index is -4.30. The molecule has 1 aromatic rings. The molecular weight excluding hydrogens is 421 g/mol. The van der Waals surface area contributed by atoms with Gasteiger partial charge in [-0.25, -0.2) is 4.79 Å². The summed E-state index contributed by atoms with van der Waals surface area (Å²) >= 11 is 0. The Kier molecular flexibility index (Phi) is 4.98. The lowest BCUT2D eigenvalue weighted by atomic mass is 9.65. The molecule has 174 valence electrons. The van der Waals surface area contributed by atoms with Crippen molar-refractivity contribution in [1.29, 1.82) is 0 Å². The highest BCUT2D eigenvalue weighted by atomic mass is 19.4. The molecule has 2 saturated heterocycles. The van der Waals surface area contributed by atoms with Gasteiger partial charge in [-0.15, -0.1) is 0 Å². The molecule has 1 aromatic carbocycles. The molecule has 2 saturated carbocycles.